The van der Waals surface area contributed by atoms with Crippen molar-refractivity contribution < 1.29 is 19.5 Å². The Hall–Kier alpha value is -3.35. The molecule has 7 nitrogen and oxygen atoms in total. The first-order chi connectivity index (χ1) is 15.3. The van der Waals surface area contributed by atoms with Crippen LogP contribution < -0.4 is 4.90 Å². The predicted octanol–water partition coefficient (Wildman–Crippen LogP) is 2.99. The Balaban J connectivity index is 1.49. The number of carbonyl (C=O) groups excluding carboxylic acids is 2. The molecule has 2 fully saturated rings. The van der Waals surface area contributed by atoms with Gasteiger partial charge in [-0.15, -0.1) is 0 Å². The lowest BCUT2D eigenvalue weighted by molar-refractivity contribution is -0.129. The summed E-state index contributed by atoms with van der Waals surface area (Å²) in [6, 6.07) is 13.0. The first-order valence-corrected chi connectivity index (χ1v) is 11.1. The summed E-state index contributed by atoms with van der Waals surface area (Å²) in [5.74, 6) is -0.826. The Bertz CT molecular complexity index is 1040. The number of nitrogens with zero attached hydrogens (tertiary/aromatic N) is 3. The molecule has 2 aliphatic rings. The van der Waals surface area contributed by atoms with E-state index in [4.69, 9.17) is 0 Å². The van der Waals surface area contributed by atoms with Crippen molar-refractivity contribution in [3.8, 4) is 0 Å². The highest BCUT2D eigenvalue weighted by molar-refractivity contribution is 5.97. The van der Waals surface area contributed by atoms with Crippen molar-refractivity contribution in [1.29, 1.82) is 0 Å². The van der Waals surface area contributed by atoms with Crippen LogP contribution in [0.3, 0.4) is 0 Å². The molecule has 2 aliphatic heterocycles. The molecule has 168 valence electrons. The smallest absolute Gasteiger partial charge is 0.335 e. The number of benzene rings is 2. The second kappa shape index (κ2) is 9.02. The fourth-order valence-electron chi connectivity index (χ4n) is 4.73. The van der Waals surface area contributed by atoms with Crippen molar-refractivity contribution in [2.75, 3.05) is 44.2 Å². The van der Waals surface area contributed by atoms with E-state index in [1.807, 2.05) is 47.1 Å². The Morgan fingerprint density at radius 2 is 1.62 bits per heavy atom. The van der Waals surface area contributed by atoms with Crippen LogP contribution in [0.1, 0.15) is 51.1 Å². The summed E-state index contributed by atoms with van der Waals surface area (Å²) in [7, 11) is 0. The second-order valence-electron chi connectivity index (χ2n) is 8.62. The van der Waals surface area contributed by atoms with Crippen LogP contribution in [0.2, 0.25) is 0 Å². The van der Waals surface area contributed by atoms with E-state index in [-0.39, 0.29) is 17.7 Å². The van der Waals surface area contributed by atoms with E-state index in [2.05, 4.69) is 4.90 Å². The quantitative estimate of drug-likeness (QED) is 0.799. The van der Waals surface area contributed by atoms with Crippen LogP contribution in [0.5, 0.6) is 0 Å². The van der Waals surface area contributed by atoms with Gasteiger partial charge in [-0.1, -0.05) is 24.3 Å². The van der Waals surface area contributed by atoms with E-state index in [0.717, 1.165) is 36.3 Å². The maximum Gasteiger partial charge on any atom is 0.335 e. The molecule has 0 aliphatic carbocycles. The fraction of sp³-hybridized carbons (Fsp3) is 0.400. The predicted molar refractivity (Wildman–Crippen MR) is 122 cm³/mol. The summed E-state index contributed by atoms with van der Waals surface area (Å²) < 4.78 is 0. The monoisotopic (exact) mass is 435 g/mol. The number of carboxylic acid groups (broad SMARTS) is 1. The van der Waals surface area contributed by atoms with Crippen molar-refractivity contribution in [3.05, 3.63) is 64.7 Å². The van der Waals surface area contributed by atoms with Gasteiger partial charge in [0.25, 0.3) is 5.91 Å². The second-order valence-corrected chi connectivity index (χ2v) is 8.62. The van der Waals surface area contributed by atoms with Gasteiger partial charge in [0.15, 0.2) is 0 Å². The molecule has 0 radical (unpaired) electrons. The minimum atomic E-state index is -0.932. The van der Waals surface area contributed by atoms with Crippen LogP contribution >= 0.6 is 0 Å². The molecular formula is C25H29N3O4. The maximum absolute atomic E-state index is 13.4. The molecule has 2 aromatic carbocycles. The third-order valence-electron chi connectivity index (χ3n) is 6.65. The highest BCUT2D eigenvalue weighted by Gasteiger charge is 2.31. The van der Waals surface area contributed by atoms with Crippen LogP contribution in [-0.2, 0) is 4.79 Å². The average Bonchev–Trinajstić information content (AvgIpc) is 3.29. The molecule has 0 spiro atoms. The topological polar surface area (TPSA) is 81.2 Å². The van der Waals surface area contributed by atoms with Gasteiger partial charge in [0, 0.05) is 63.4 Å². The number of amides is 2. The van der Waals surface area contributed by atoms with Gasteiger partial charge in [-0.05, 0) is 42.7 Å². The summed E-state index contributed by atoms with van der Waals surface area (Å²) in [4.78, 5) is 42.5. The van der Waals surface area contributed by atoms with Crippen LogP contribution in [0.15, 0.2) is 42.5 Å². The van der Waals surface area contributed by atoms with Crippen molar-refractivity contribution >= 4 is 23.5 Å². The van der Waals surface area contributed by atoms with E-state index in [0.29, 0.717) is 37.3 Å². The zero-order valence-corrected chi connectivity index (χ0v) is 18.6. The number of hydrogen-bond donors (Lipinski definition) is 1. The number of carbonyl (C=O) groups is 3. The van der Waals surface area contributed by atoms with E-state index >= 15 is 0 Å². The Labute approximate surface area is 188 Å². The lowest BCUT2D eigenvalue weighted by Crippen LogP contribution is -2.48. The molecule has 1 N–H and O–H groups in total. The van der Waals surface area contributed by atoms with Gasteiger partial charge in [0.1, 0.15) is 0 Å². The highest BCUT2D eigenvalue weighted by atomic mass is 16.4. The summed E-state index contributed by atoms with van der Waals surface area (Å²) in [5, 5.41) is 9.51. The van der Waals surface area contributed by atoms with Gasteiger partial charge in [0.2, 0.25) is 5.91 Å². The minimum Gasteiger partial charge on any atom is -0.478 e. The van der Waals surface area contributed by atoms with Crippen molar-refractivity contribution in [2.24, 2.45) is 0 Å². The van der Waals surface area contributed by atoms with Crippen molar-refractivity contribution in [3.63, 3.8) is 0 Å². The lowest BCUT2D eigenvalue weighted by Gasteiger charge is -2.36. The number of rotatable bonds is 4. The molecule has 32 heavy (non-hydrogen) atoms. The number of anilines is 1. The Morgan fingerprint density at radius 3 is 2.31 bits per heavy atom. The normalized spacial score (nSPS) is 18.7. The van der Waals surface area contributed by atoms with E-state index in [1.165, 1.54) is 0 Å². The van der Waals surface area contributed by atoms with Crippen LogP contribution in [0.4, 0.5) is 5.69 Å². The van der Waals surface area contributed by atoms with Crippen LogP contribution in [0.25, 0.3) is 0 Å². The summed E-state index contributed by atoms with van der Waals surface area (Å²) in [6.45, 7) is 7.52. The summed E-state index contributed by atoms with van der Waals surface area (Å²) >= 11 is 0. The first kappa shape index (κ1) is 21.9. The van der Waals surface area contributed by atoms with Crippen LogP contribution in [0, 0.1) is 6.92 Å². The SMILES string of the molecule is CC(=O)N1CCN(c2ccc(C)c(C(=O)N3CC[C@@H](c4ccccc4C(=O)O)C3)c2)CC1. The molecule has 4 rings (SSSR count). The first-order valence-electron chi connectivity index (χ1n) is 11.1. The number of aromatic carboxylic acids is 1. The Morgan fingerprint density at radius 1 is 0.906 bits per heavy atom. The third kappa shape index (κ3) is 4.33. The number of piperazine rings is 1. The van der Waals surface area contributed by atoms with E-state index in [9.17, 15) is 19.5 Å². The molecular weight excluding hydrogens is 406 g/mol. The molecule has 2 saturated heterocycles. The molecule has 2 heterocycles. The number of carboxylic acids is 1. The number of hydrogen-bond acceptors (Lipinski definition) is 4. The number of likely N-dealkylation sites (tertiary alicyclic amines) is 1. The van der Waals surface area contributed by atoms with Gasteiger partial charge in [-0.2, -0.15) is 0 Å². The molecule has 0 bridgehead atoms. The van der Waals surface area contributed by atoms with Gasteiger partial charge in [0.05, 0.1) is 5.56 Å². The van der Waals surface area contributed by atoms with Crippen LogP contribution in [-0.4, -0.2) is 72.0 Å². The minimum absolute atomic E-state index is 0.0120. The molecule has 1 atom stereocenters. The largest absolute Gasteiger partial charge is 0.478 e. The molecule has 7 heteroatoms. The summed E-state index contributed by atoms with van der Waals surface area (Å²) in [6.07, 6.45) is 0.752. The molecule has 2 aromatic rings. The van der Waals surface area contributed by atoms with Gasteiger partial charge in [-0.3, -0.25) is 9.59 Å². The van der Waals surface area contributed by atoms with Gasteiger partial charge >= 0.3 is 5.97 Å². The molecule has 0 saturated carbocycles. The zero-order chi connectivity index (χ0) is 22.8. The van der Waals surface area contributed by atoms with E-state index in [1.54, 1.807) is 19.1 Å². The van der Waals surface area contributed by atoms with Crippen molar-refractivity contribution in [2.45, 2.75) is 26.2 Å². The van der Waals surface area contributed by atoms with Crippen molar-refractivity contribution in [1.82, 2.24) is 9.80 Å². The molecule has 0 unspecified atom stereocenters. The highest BCUT2D eigenvalue weighted by Crippen LogP contribution is 2.31. The van der Waals surface area contributed by atoms with E-state index < -0.39 is 5.97 Å². The number of aryl methyl sites for hydroxylation is 1. The third-order valence-corrected chi connectivity index (χ3v) is 6.65. The maximum atomic E-state index is 13.4. The standard InChI is InChI=1S/C25H29N3O4/c1-17-7-8-20(27-13-11-26(12-14-27)18(2)29)15-23(17)24(30)28-10-9-19(16-28)21-5-3-4-6-22(21)25(31)32/h3-8,15,19H,9-14,16H2,1-2H3,(H,31,32)/t19-/m1/s1. The van der Waals surface area contributed by atoms with Gasteiger partial charge < -0.3 is 19.8 Å². The fourth-order valence-corrected chi connectivity index (χ4v) is 4.73. The molecule has 2 amide bonds. The molecule has 0 aromatic heterocycles. The van der Waals surface area contributed by atoms with Gasteiger partial charge in [-0.25, -0.2) is 4.79 Å². The summed E-state index contributed by atoms with van der Waals surface area (Å²) in [5.41, 5.74) is 3.71. The zero-order valence-electron chi connectivity index (χ0n) is 18.6. The Kier molecular flexibility index (Phi) is 6.17. The lowest BCUT2D eigenvalue weighted by atomic mass is 9.93. The average molecular weight is 436 g/mol.